The highest BCUT2D eigenvalue weighted by Crippen LogP contribution is 2.38. The zero-order chi connectivity index (χ0) is 19.6. The summed E-state index contributed by atoms with van der Waals surface area (Å²) in [6, 6.07) is 40.3. The predicted octanol–water partition coefficient (Wildman–Crippen LogP) is 7.42. The fraction of sp³-hybridized carbons (Fsp3) is 0. The van der Waals surface area contributed by atoms with E-state index in [9.17, 15) is 0 Å². The van der Waals surface area contributed by atoms with E-state index in [2.05, 4.69) is 97.1 Å². The Morgan fingerprint density at radius 3 is 1.83 bits per heavy atom. The van der Waals surface area contributed by atoms with Crippen molar-refractivity contribution in [3.63, 3.8) is 0 Å². The third-order valence-electron chi connectivity index (χ3n) is 5.46. The third-order valence-corrected chi connectivity index (χ3v) is 5.46. The zero-order valence-electron chi connectivity index (χ0n) is 16.0. The molecule has 5 aromatic rings. The molecule has 1 nitrogen and oxygen atoms in total. The normalized spacial score (nSPS) is 10.9. The molecule has 0 heterocycles. The number of benzene rings is 5. The van der Waals surface area contributed by atoms with E-state index in [1.165, 1.54) is 27.5 Å². The van der Waals surface area contributed by atoms with Gasteiger partial charge in [0, 0.05) is 11.3 Å². The van der Waals surface area contributed by atoms with Crippen molar-refractivity contribution in [3.05, 3.63) is 115 Å². The van der Waals surface area contributed by atoms with Crippen molar-refractivity contribution in [2.24, 2.45) is 0 Å². The summed E-state index contributed by atoms with van der Waals surface area (Å²) in [6.45, 7) is 0. The molecular formula is C28H21N. The van der Waals surface area contributed by atoms with Crippen molar-refractivity contribution in [1.82, 2.24) is 0 Å². The molecule has 0 aliphatic heterocycles. The second-order valence-electron chi connectivity index (χ2n) is 7.24. The summed E-state index contributed by atoms with van der Waals surface area (Å²) in [5, 5.41) is 2.53. The molecule has 0 atom stereocenters. The molecule has 29 heavy (non-hydrogen) atoms. The van der Waals surface area contributed by atoms with Crippen LogP contribution in [0.4, 0.5) is 5.69 Å². The molecule has 0 aliphatic rings. The molecule has 138 valence electrons. The molecular weight excluding hydrogens is 350 g/mol. The number of fused-ring (bicyclic) bond motifs is 1. The minimum absolute atomic E-state index is 0.796. The van der Waals surface area contributed by atoms with Crippen molar-refractivity contribution in [1.29, 1.82) is 0 Å². The van der Waals surface area contributed by atoms with Gasteiger partial charge in [-0.1, -0.05) is 109 Å². The Kier molecular flexibility index (Phi) is 4.34. The van der Waals surface area contributed by atoms with Crippen LogP contribution in [0.3, 0.4) is 0 Å². The van der Waals surface area contributed by atoms with E-state index in [1.54, 1.807) is 0 Å². The predicted molar refractivity (Wildman–Crippen MR) is 125 cm³/mol. The van der Waals surface area contributed by atoms with Crippen LogP contribution in [0.2, 0.25) is 0 Å². The Bertz CT molecular complexity index is 1280. The lowest BCUT2D eigenvalue weighted by Crippen LogP contribution is -1.93. The summed E-state index contributed by atoms with van der Waals surface area (Å²) < 4.78 is 0. The maximum absolute atomic E-state index is 6.41. The molecule has 2 N–H and O–H groups in total. The summed E-state index contributed by atoms with van der Waals surface area (Å²) in [7, 11) is 0. The number of rotatable bonds is 3. The Labute approximate surface area is 171 Å². The first-order valence-corrected chi connectivity index (χ1v) is 9.84. The molecule has 5 rings (SSSR count). The quantitative estimate of drug-likeness (QED) is 0.328. The molecule has 0 aromatic heterocycles. The van der Waals surface area contributed by atoms with Gasteiger partial charge < -0.3 is 5.73 Å². The maximum Gasteiger partial charge on any atom is 0.0400 e. The van der Waals surface area contributed by atoms with Crippen LogP contribution in [-0.4, -0.2) is 0 Å². The average Bonchev–Trinajstić information content (AvgIpc) is 2.79. The summed E-state index contributed by atoms with van der Waals surface area (Å²) in [4.78, 5) is 0. The van der Waals surface area contributed by atoms with Gasteiger partial charge in [-0.3, -0.25) is 0 Å². The SMILES string of the molecule is Nc1cccc(-c2ccccc2)c1-c1ccc(-c2cccc3ccccc23)cc1. The molecule has 1 heteroatoms. The van der Waals surface area contributed by atoms with Gasteiger partial charge in [-0.2, -0.15) is 0 Å². The van der Waals surface area contributed by atoms with E-state index < -0.39 is 0 Å². The second-order valence-corrected chi connectivity index (χ2v) is 7.24. The first-order chi connectivity index (χ1) is 14.3. The first-order valence-electron chi connectivity index (χ1n) is 9.84. The van der Waals surface area contributed by atoms with Crippen molar-refractivity contribution in [2.75, 3.05) is 5.73 Å². The minimum atomic E-state index is 0.796. The topological polar surface area (TPSA) is 26.0 Å². The van der Waals surface area contributed by atoms with Crippen molar-refractivity contribution >= 4 is 16.5 Å². The monoisotopic (exact) mass is 371 g/mol. The molecule has 0 bridgehead atoms. The average molecular weight is 371 g/mol. The van der Waals surface area contributed by atoms with E-state index in [0.29, 0.717) is 0 Å². The van der Waals surface area contributed by atoms with Gasteiger partial charge in [0.2, 0.25) is 0 Å². The Hall–Kier alpha value is -3.84. The van der Waals surface area contributed by atoms with Crippen LogP contribution in [0.5, 0.6) is 0 Å². The van der Waals surface area contributed by atoms with Crippen LogP contribution in [0.1, 0.15) is 0 Å². The summed E-state index contributed by atoms with van der Waals surface area (Å²) in [5.74, 6) is 0. The number of hydrogen-bond acceptors (Lipinski definition) is 1. The van der Waals surface area contributed by atoms with Crippen LogP contribution < -0.4 is 5.73 Å². The van der Waals surface area contributed by atoms with Crippen LogP contribution in [0.15, 0.2) is 115 Å². The highest BCUT2D eigenvalue weighted by molar-refractivity contribution is 5.97. The van der Waals surface area contributed by atoms with Gasteiger partial charge in [0.25, 0.3) is 0 Å². The van der Waals surface area contributed by atoms with Crippen LogP contribution in [0, 0.1) is 0 Å². The van der Waals surface area contributed by atoms with E-state index in [1.807, 2.05) is 18.2 Å². The first kappa shape index (κ1) is 17.3. The van der Waals surface area contributed by atoms with Crippen LogP contribution in [-0.2, 0) is 0 Å². The molecule has 0 spiro atoms. The van der Waals surface area contributed by atoms with E-state index in [4.69, 9.17) is 5.73 Å². The van der Waals surface area contributed by atoms with E-state index >= 15 is 0 Å². The second kappa shape index (κ2) is 7.29. The number of hydrogen-bond donors (Lipinski definition) is 1. The highest BCUT2D eigenvalue weighted by atomic mass is 14.6. The van der Waals surface area contributed by atoms with Gasteiger partial charge in [-0.25, -0.2) is 0 Å². The molecule has 0 amide bonds. The molecule has 0 radical (unpaired) electrons. The minimum Gasteiger partial charge on any atom is -0.398 e. The largest absolute Gasteiger partial charge is 0.398 e. The van der Waals surface area contributed by atoms with Crippen LogP contribution >= 0.6 is 0 Å². The number of nitrogens with two attached hydrogens (primary N) is 1. The smallest absolute Gasteiger partial charge is 0.0400 e. The fourth-order valence-electron chi connectivity index (χ4n) is 4.04. The van der Waals surface area contributed by atoms with Gasteiger partial charge in [0.1, 0.15) is 0 Å². The van der Waals surface area contributed by atoms with Crippen LogP contribution in [0.25, 0.3) is 44.2 Å². The molecule has 0 unspecified atom stereocenters. The van der Waals surface area contributed by atoms with Crippen molar-refractivity contribution < 1.29 is 0 Å². The van der Waals surface area contributed by atoms with Gasteiger partial charge in [0.15, 0.2) is 0 Å². The number of nitrogen functional groups attached to an aromatic ring is 1. The molecule has 0 saturated heterocycles. The number of anilines is 1. The Morgan fingerprint density at radius 2 is 1.00 bits per heavy atom. The molecule has 0 fully saturated rings. The van der Waals surface area contributed by atoms with Gasteiger partial charge >= 0.3 is 0 Å². The Morgan fingerprint density at radius 1 is 0.414 bits per heavy atom. The zero-order valence-corrected chi connectivity index (χ0v) is 16.0. The fourth-order valence-corrected chi connectivity index (χ4v) is 4.04. The molecule has 0 aliphatic carbocycles. The summed E-state index contributed by atoms with van der Waals surface area (Å²) in [6.07, 6.45) is 0. The van der Waals surface area contributed by atoms with Crippen molar-refractivity contribution in [2.45, 2.75) is 0 Å². The van der Waals surface area contributed by atoms with Gasteiger partial charge in [-0.05, 0) is 44.7 Å². The molecule has 5 aromatic carbocycles. The van der Waals surface area contributed by atoms with E-state index in [0.717, 1.165) is 22.4 Å². The Balaban J connectivity index is 1.62. The van der Waals surface area contributed by atoms with Gasteiger partial charge in [-0.15, -0.1) is 0 Å². The lowest BCUT2D eigenvalue weighted by Gasteiger charge is -2.14. The van der Waals surface area contributed by atoms with E-state index in [-0.39, 0.29) is 0 Å². The van der Waals surface area contributed by atoms with Crippen molar-refractivity contribution in [3.8, 4) is 33.4 Å². The summed E-state index contributed by atoms with van der Waals surface area (Å²) >= 11 is 0. The standard InChI is InChI=1S/C28H21N/c29-27-15-7-14-26(21-8-2-1-3-9-21)28(27)23-18-16-22(17-19-23)25-13-6-11-20-10-4-5-12-24(20)25/h1-19H,29H2. The molecule has 0 saturated carbocycles. The summed E-state index contributed by atoms with van der Waals surface area (Å²) in [5.41, 5.74) is 14.2. The lowest BCUT2D eigenvalue weighted by atomic mass is 9.91. The maximum atomic E-state index is 6.41. The third kappa shape index (κ3) is 3.17. The van der Waals surface area contributed by atoms with Gasteiger partial charge in [0.05, 0.1) is 0 Å². The highest BCUT2D eigenvalue weighted by Gasteiger charge is 2.11. The lowest BCUT2D eigenvalue weighted by molar-refractivity contribution is 1.57.